The molecule has 0 unspecified atom stereocenters. The maximum Gasteiger partial charge on any atom is 0.0886 e. The molecule has 0 saturated heterocycles. The van der Waals surface area contributed by atoms with Crippen molar-refractivity contribution in [2.24, 2.45) is 5.11 Å². The van der Waals surface area contributed by atoms with Crippen LogP contribution in [0.5, 0.6) is 0 Å². The van der Waals surface area contributed by atoms with Gasteiger partial charge in [0.25, 0.3) is 0 Å². The third kappa shape index (κ3) is 4.84. The van der Waals surface area contributed by atoms with Crippen molar-refractivity contribution in [1.29, 1.82) is 0 Å². The zero-order valence-electron chi connectivity index (χ0n) is 9.31. The van der Waals surface area contributed by atoms with Gasteiger partial charge in [-0.1, -0.05) is 35.4 Å². The van der Waals surface area contributed by atoms with E-state index in [9.17, 15) is 5.11 Å². The molecule has 17 heavy (non-hydrogen) atoms. The highest BCUT2D eigenvalue weighted by Crippen LogP contribution is 2.04. The van der Waals surface area contributed by atoms with Crippen LogP contribution in [0.2, 0.25) is 0 Å². The number of aliphatic hydroxyl groups is 2. The molecule has 0 heterocycles. The van der Waals surface area contributed by atoms with Crippen LogP contribution in [0.4, 0.5) is 0 Å². The van der Waals surface area contributed by atoms with Crippen molar-refractivity contribution in [1.82, 2.24) is 0 Å². The topological polar surface area (TPSA) is 98.5 Å². The third-order valence-electron chi connectivity index (χ3n) is 2.23. The summed E-state index contributed by atoms with van der Waals surface area (Å²) < 4.78 is 5.27. The Kier molecular flexibility index (Phi) is 6.06. The first-order valence-electron chi connectivity index (χ1n) is 5.22. The molecule has 0 amide bonds. The van der Waals surface area contributed by atoms with E-state index in [0.717, 1.165) is 5.56 Å². The quantitative estimate of drug-likeness (QED) is 0.424. The second-order valence-corrected chi connectivity index (χ2v) is 3.52. The zero-order valence-corrected chi connectivity index (χ0v) is 9.31. The lowest BCUT2D eigenvalue weighted by Gasteiger charge is -2.16. The van der Waals surface area contributed by atoms with Gasteiger partial charge in [-0.3, -0.25) is 0 Å². The molecule has 0 saturated carbocycles. The summed E-state index contributed by atoms with van der Waals surface area (Å²) in [7, 11) is 0. The van der Waals surface area contributed by atoms with E-state index in [2.05, 4.69) is 10.0 Å². The van der Waals surface area contributed by atoms with Crippen molar-refractivity contribution in [3.63, 3.8) is 0 Å². The largest absolute Gasteiger partial charge is 0.396 e. The Balaban J connectivity index is 2.33. The number of hydrogen-bond donors (Lipinski definition) is 2. The molecule has 6 nitrogen and oxygen atoms in total. The molecular formula is C11H15N3O3. The summed E-state index contributed by atoms with van der Waals surface area (Å²) in [6, 6.07) is 8.64. The SMILES string of the molecule is [N-]=[N+]=N[C@@H](CO)[C@@H](O)COCc1ccccc1. The first-order chi connectivity index (χ1) is 8.27. The van der Waals surface area contributed by atoms with Crippen molar-refractivity contribution in [2.75, 3.05) is 13.2 Å². The van der Waals surface area contributed by atoms with Crippen molar-refractivity contribution in [3.8, 4) is 0 Å². The van der Waals surface area contributed by atoms with Gasteiger partial charge in [0.15, 0.2) is 0 Å². The van der Waals surface area contributed by atoms with Gasteiger partial charge < -0.3 is 14.9 Å². The van der Waals surface area contributed by atoms with Crippen LogP contribution in [-0.2, 0) is 11.3 Å². The molecular weight excluding hydrogens is 222 g/mol. The molecule has 0 aliphatic carbocycles. The van der Waals surface area contributed by atoms with E-state index >= 15 is 0 Å². The second kappa shape index (κ2) is 7.65. The molecule has 1 aromatic carbocycles. The maximum atomic E-state index is 9.57. The summed E-state index contributed by atoms with van der Waals surface area (Å²) in [4.78, 5) is 2.54. The number of nitrogens with zero attached hydrogens (tertiary/aromatic N) is 3. The van der Waals surface area contributed by atoms with E-state index in [4.69, 9.17) is 15.4 Å². The fourth-order valence-electron chi connectivity index (χ4n) is 1.28. The molecule has 2 atom stereocenters. The summed E-state index contributed by atoms with van der Waals surface area (Å²) in [6.45, 7) is -0.0224. The molecule has 2 N–H and O–H groups in total. The van der Waals surface area contributed by atoms with Crippen LogP contribution >= 0.6 is 0 Å². The van der Waals surface area contributed by atoms with Crippen LogP contribution in [0.25, 0.3) is 10.4 Å². The van der Waals surface area contributed by atoms with Crippen LogP contribution in [0.15, 0.2) is 35.4 Å². The van der Waals surface area contributed by atoms with E-state index in [-0.39, 0.29) is 6.61 Å². The zero-order chi connectivity index (χ0) is 12.5. The standard InChI is InChI=1S/C11H15N3O3/c12-14-13-10(6-15)11(16)8-17-7-9-4-2-1-3-5-9/h1-5,10-11,15-16H,6-8H2/t10-,11-/m0/s1. The summed E-state index contributed by atoms with van der Waals surface area (Å²) in [5, 5.41) is 21.7. The Morgan fingerprint density at radius 3 is 2.65 bits per heavy atom. The second-order valence-electron chi connectivity index (χ2n) is 3.52. The van der Waals surface area contributed by atoms with E-state index in [1.807, 2.05) is 30.3 Å². The molecule has 0 aliphatic rings. The number of rotatable bonds is 7. The molecule has 0 aliphatic heterocycles. The molecule has 0 spiro atoms. The first kappa shape index (κ1) is 13.5. The molecule has 0 fully saturated rings. The van der Waals surface area contributed by atoms with Gasteiger partial charge in [0, 0.05) is 4.91 Å². The lowest BCUT2D eigenvalue weighted by Crippen LogP contribution is -2.31. The molecule has 1 rings (SSSR count). The van der Waals surface area contributed by atoms with Crippen LogP contribution in [0, 0.1) is 0 Å². The molecule has 6 heteroatoms. The number of ether oxygens (including phenoxy) is 1. The molecule has 92 valence electrons. The number of benzene rings is 1. The van der Waals surface area contributed by atoms with Gasteiger partial charge >= 0.3 is 0 Å². The van der Waals surface area contributed by atoms with Crippen LogP contribution < -0.4 is 0 Å². The van der Waals surface area contributed by atoms with Gasteiger partial charge in [-0.25, -0.2) is 0 Å². The van der Waals surface area contributed by atoms with Crippen molar-refractivity contribution in [3.05, 3.63) is 46.3 Å². The van der Waals surface area contributed by atoms with E-state index in [1.54, 1.807) is 0 Å². The van der Waals surface area contributed by atoms with Gasteiger partial charge in [-0.05, 0) is 11.1 Å². The van der Waals surface area contributed by atoms with Crippen molar-refractivity contribution < 1.29 is 14.9 Å². The van der Waals surface area contributed by atoms with Crippen molar-refractivity contribution in [2.45, 2.75) is 18.8 Å². The Bertz CT molecular complexity index is 365. The smallest absolute Gasteiger partial charge is 0.0886 e. The summed E-state index contributed by atoms with van der Waals surface area (Å²) in [5.74, 6) is 0. The minimum absolute atomic E-state index is 0.0130. The van der Waals surface area contributed by atoms with E-state index < -0.39 is 18.8 Å². The Hall–Kier alpha value is -1.59. The third-order valence-corrected chi connectivity index (χ3v) is 2.23. The number of hydrogen-bond acceptors (Lipinski definition) is 4. The van der Waals surface area contributed by atoms with Gasteiger partial charge in [-0.2, -0.15) is 0 Å². The molecule has 0 bridgehead atoms. The predicted molar refractivity (Wildman–Crippen MR) is 62.1 cm³/mol. The highest BCUT2D eigenvalue weighted by Gasteiger charge is 2.16. The number of azide groups is 1. The molecule has 0 radical (unpaired) electrons. The highest BCUT2D eigenvalue weighted by atomic mass is 16.5. The highest BCUT2D eigenvalue weighted by molar-refractivity contribution is 5.13. The summed E-state index contributed by atoms with van der Waals surface area (Å²) in [6.07, 6.45) is -1.00. The van der Waals surface area contributed by atoms with Crippen LogP contribution in [-0.4, -0.2) is 35.6 Å². The predicted octanol–water partition coefficient (Wildman–Crippen LogP) is 1.24. The normalized spacial score (nSPS) is 13.8. The average Bonchev–Trinajstić information content (AvgIpc) is 2.37. The fraction of sp³-hybridized carbons (Fsp3) is 0.455. The fourth-order valence-corrected chi connectivity index (χ4v) is 1.28. The minimum Gasteiger partial charge on any atom is -0.396 e. The molecule has 0 aromatic heterocycles. The average molecular weight is 237 g/mol. The monoisotopic (exact) mass is 237 g/mol. The lowest BCUT2D eigenvalue weighted by atomic mass is 10.2. The number of aliphatic hydroxyl groups excluding tert-OH is 2. The van der Waals surface area contributed by atoms with Gasteiger partial charge in [0.2, 0.25) is 0 Å². The van der Waals surface area contributed by atoms with E-state index in [1.165, 1.54) is 0 Å². The van der Waals surface area contributed by atoms with Crippen LogP contribution in [0.1, 0.15) is 5.56 Å². The Labute approximate surface area is 99.1 Å². The van der Waals surface area contributed by atoms with Gasteiger partial charge in [0.05, 0.1) is 32.0 Å². The summed E-state index contributed by atoms with van der Waals surface area (Å²) >= 11 is 0. The van der Waals surface area contributed by atoms with Gasteiger partial charge in [0.1, 0.15) is 0 Å². The van der Waals surface area contributed by atoms with Crippen LogP contribution in [0.3, 0.4) is 0 Å². The maximum absolute atomic E-state index is 9.57. The first-order valence-corrected chi connectivity index (χ1v) is 5.22. The summed E-state index contributed by atoms with van der Waals surface area (Å²) in [5.41, 5.74) is 9.21. The molecule has 1 aromatic rings. The minimum atomic E-state index is -1.00. The Morgan fingerprint density at radius 1 is 1.35 bits per heavy atom. The van der Waals surface area contributed by atoms with Crippen molar-refractivity contribution >= 4 is 0 Å². The van der Waals surface area contributed by atoms with E-state index in [0.29, 0.717) is 6.61 Å². The lowest BCUT2D eigenvalue weighted by molar-refractivity contribution is 0.00626. The van der Waals surface area contributed by atoms with Gasteiger partial charge in [-0.15, -0.1) is 0 Å². The Morgan fingerprint density at radius 2 is 2.06 bits per heavy atom.